The van der Waals surface area contributed by atoms with Crippen LogP contribution in [0, 0.1) is 6.92 Å². The summed E-state index contributed by atoms with van der Waals surface area (Å²) in [4.78, 5) is 4.45. The second-order valence-electron chi connectivity index (χ2n) is 3.70. The summed E-state index contributed by atoms with van der Waals surface area (Å²) in [5, 5.41) is 7.39. The van der Waals surface area contributed by atoms with Gasteiger partial charge < -0.3 is 14.0 Å². The van der Waals surface area contributed by atoms with Crippen LogP contribution >= 0.6 is 0 Å². The lowest BCUT2D eigenvalue weighted by Crippen LogP contribution is -2.02. The molecule has 0 bridgehead atoms. The van der Waals surface area contributed by atoms with E-state index in [0.717, 1.165) is 5.69 Å². The van der Waals surface area contributed by atoms with Crippen molar-refractivity contribution in [2.75, 3.05) is 13.2 Å². The maximum absolute atomic E-state index is 5.40. The number of rotatable bonds is 2. The summed E-state index contributed by atoms with van der Waals surface area (Å²) in [5.41, 5.74) is 2.09. The van der Waals surface area contributed by atoms with Crippen molar-refractivity contribution in [3.63, 3.8) is 0 Å². The minimum Gasteiger partial charge on any atom is -0.345 e. The highest BCUT2D eigenvalue weighted by atomic mass is 16.7. The van der Waals surface area contributed by atoms with E-state index in [4.69, 9.17) is 14.0 Å². The van der Waals surface area contributed by atoms with Gasteiger partial charge in [-0.15, -0.1) is 5.10 Å². The molecule has 88 valence electrons. The van der Waals surface area contributed by atoms with Gasteiger partial charge in [-0.3, -0.25) is 0 Å². The summed E-state index contributed by atoms with van der Waals surface area (Å²) in [6.45, 7) is 2.99. The number of aromatic nitrogens is 3. The number of hydrogen-bond donors (Lipinski definition) is 0. The first-order valence-corrected chi connectivity index (χ1v) is 5.34. The Hall–Kier alpha value is -1.79. The van der Waals surface area contributed by atoms with Gasteiger partial charge in [0.1, 0.15) is 0 Å². The summed E-state index contributed by atoms with van der Waals surface area (Å²) in [7, 11) is 0. The number of nitrogens with zero attached hydrogens (tertiary/aromatic N) is 3. The maximum Gasteiger partial charge on any atom is 0.201 e. The van der Waals surface area contributed by atoms with Crippen LogP contribution < -0.4 is 0 Å². The van der Waals surface area contributed by atoms with Gasteiger partial charge in [-0.05, 0) is 19.1 Å². The minimum atomic E-state index is -0.380. The van der Waals surface area contributed by atoms with Crippen LogP contribution in [0.15, 0.2) is 22.7 Å². The smallest absolute Gasteiger partial charge is 0.201 e. The zero-order chi connectivity index (χ0) is 11.7. The summed E-state index contributed by atoms with van der Waals surface area (Å²) in [5.74, 6) is 0.642. The van der Waals surface area contributed by atoms with E-state index in [1.165, 1.54) is 0 Å². The van der Waals surface area contributed by atoms with E-state index in [1.807, 2.05) is 18.2 Å². The average molecular weight is 233 g/mol. The molecule has 3 rings (SSSR count). The van der Waals surface area contributed by atoms with Crippen molar-refractivity contribution >= 4 is 0 Å². The predicted molar refractivity (Wildman–Crippen MR) is 56.9 cm³/mol. The lowest BCUT2D eigenvalue weighted by molar-refractivity contribution is -0.0472. The maximum atomic E-state index is 5.40. The Morgan fingerprint density at radius 2 is 2.06 bits per heavy atom. The molecular weight excluding hydrogens is 222 g/mol. The zero-order valence-corrected chi connectivity index (χ0v) is 9.29. The molecule has 1 fully saturated rings. The lowest BCUT2D eigenvalue weighted by atomic mass is 10.2. The van der Waals surface area contributed by atoms with Crippen LogP contribution in [-0.4, -0.2) is 28.6 Å². The Morgan fingerprint density at radius 3 is 2.76 bits per heavy atom. The van der Waals surface area contributed by atoms with E-state index in [-0.39, 0.29) is 6.29 Å². The highest BCUT2D eigenvalue weighted by molar-refractivity contribution is 5.55. The molecule has 1 saturated heterocycles. The Kier molecular flexibility index (Phi) is 2.58. The molecule has 2 aromatic heterocycles. The fourth-order valence-electron chi connectivity index (χ4n) is 1.71. The highest BCUT2D eigenvalue weighted by Crippen LogP contribution is 2.24. The van der Waals surface area contributed by atoms with E-state index < -0.39 is 0 Å². The van der Waals surface area contributed by atoms with Crippen LogP contribution in [0.1, 0.15) is 17.7 Å². The van der Waals surface area contributed by atoms with E-state index >= 15 is 0 Å². The molecule has 17 heavy (non-hydrogen) atoms. The van der Waals surface area contributed by atoms with Crippen molar-refractivity contribution in [2.45, 2.75) is 13.2 Å². The van der Waals surface area contributed by atoms with Crippen LogP contribution in [0.4, 0.5) is 0 Å². The number of hydrogen-bond acceptors (Lipinski definition) is 6. The standard InChI is InChI=1S/C11H11N3O3/c1-7-10(13-14-17-7)8-3-2-4-9(12-8)11-15-5-6-16-11/h2-4,11H,5-6H2,1H3. The fraction of sp³-hybridized carbons (Fsp3) is 0.364. The molecule has 6 nitrogen and oxygen atoms in total. The van der Waals surface area contributed by atoms with Crippen molar-refractivity contribution in [2.24, 2.45) is 0 Å². The predicted octanol–water partition coefficient (Wildman–Crippen LogP) is 1.49. The second kappa shape index (κ2) is 4.23. The summed E-state index contributed by atoms with van der Waals surface area (Å²) >= 11 is 0. The van der Waals surface area contributed by atoms with Gasteiger partial charge in [0, 0.05) is 5.27 Å². The molecule has 3 heterocycles. The van der Waals surface area contributed by atoms with Crippen LogP contribution in [0.2, 0.25) is 0 Å². The third-order valence-corrected chi connectivity index (χ3v) is 2.53. The van der Waals surface area contributed by atoms with Crippen LogP contribution in [0.25, 0.3) is 11.4 Å². The quantitative estimate of drug-likeness (QED) is 0.782. The van der Waals surface area contributed by atoms with Gasteiger partial charge in [0.15, 0.2) is 11.5 Å². The highest BCUT2D eigenvalue weighted by Gasteiger charge is 2.20. The van der Waals surface area contributed by atoms with E-state index in [0.29, 0.717) is 30.4 Å². The van der Waals surface area contributed by atoms with Crippen molar-refractivity contribution in [3.8, 4) is 11.4 Å². The van der Waals surface area contributed by atoms with Gasteiger partial charge in [0.25, 0.3) is 0 Å². The monoisotopic (exact) mass is 233 g/mol. The molecular formula is C11H11N3O3. The van der Waals surface area contributed by atoms with Crippen LogP contribution in [-0.2, 0) is 9.47 Å². The van der Waals surface area contributed by atoms with E-state index in [9.17, 15) is 0 Å². The Labute approximate surface area is 97.5 Å². The van der Waals surface area contributed by atoms with Gasteiger partial charge >= 0.3 is 0 Å². The first-order valence-electron chi connectivity index (χ1n) is 5.34. The molecule has 0 atom stereocenters. The van der Waals surface area contributed by atoms with Gasteiger partial charge in [0.05, 0.1) is 24.6 Å². The molecule has 0 aromatic carbocycles. The van der Waals surface area contributed by atoms with Crippen molar-refractivity contribution in [1.29, 1.82) is 0 Å². The van der Waals surface area contributed by atoms with Gasteiger partial charge in [-0.2, -0.15) is 0 Å². The zero-order valence-electron chi connectivity index (χ0n) is 9.29. The second-order valence-corrected chi connectivity index (χ2v) is 3.70. The normalized spacial score (nSPS) is 16.5. The molecule has 1 aliphatic heterocycles. The summed E-state index contributed by atoms with van der Waals surface area (Å²) in [6, 6.07) is 5.60. The van der Waals surface area contributed by atoms with Crippen molar-refractivity contribution in [1.82, 2.24) is 15.4 Å². The minimum absolute atomic E-state index is 0.380. The Bertz CT molecular complexity index is 520. The number of ether oxygens (including phenoxy) is 2. The first-order chi connectivity index (χ1) is 8.34. The number of pyridine rings is 1. The Morgan fingerprint density at radius 1 is 1.24 bits per heavy atom. The van der Waals surface area contributed by atoms with Crippen LogP contribution in [0.5, 0.6) is 0 Å². The number of aryl methyl sites for hydroxylation is 1. The van der Waals surface area contributed by atoms with Crippen LogP contribution in [0.3, 0.4) is 0 Å². The molecule has 1 aliphatic rings. The molecule has 0 aliphatic carbocycles. The van der Waals surface area contributed by atoms with Crippen molar-refractivity contribution < 1.29 is 14.0 Å². The fourth-order valence-corrected chi connectivity index (χ4v) is 1.71. The third-order valence-electron chi connectivity index (χ3n) is 2.53. The summed E-state index contributed by atoms with van der Waals surface area (Å²) in [6.07, 6.45) is -0.380. The molecule has 2 aromatic rings. The largest absolute Gasteiger partial charge is 0.345 e. The van der Waals surface area contributed by atoms with Gasteiger partial charge in [-0.1, -0.05) is 6.07 Å². The summed E-state index contributed by atoms with van der Waals surface area (Å²) < 4.78 is 15.7. The van der Waals surface area contributed by atoms with E-state index in [2.05, 4.69) is 15.4 Å². The molecule has 0 unspecified atom stereocenters. The third kappa shape index (κ3) is 1.92. The van der Waals surface area contributed by atoms with Gasteiger partial charge in [-0.25, -0.2) is 4.98 Å². The molecule has 0 radical (unpaired) electrons. The van der Waals surface area contributed by atoms with E-state index in [1.54, 1.807) is 6.92 Å². The molecule has 0 amide bonds. The first kappa shape index (κ1) is 10.4. The molecule has 6 heteroatoms. The molecule has 0 N–H and O–H groups in total. The molecule has 0 spiro atoms. The van der Waals surface area contributed by atoms with Crippen molar-refractivity contribution in [3.05, 3.63) is 29.7 Å². The average Bonchev–Trinajstić information content (AvgIpc) is 2.99. The Balaban J connectivity index is 1.96. The molecule has 0 saturated carbocycles. The topological polar surface area (TPSA) is 70.3 Å². The van der Waals surface area contributed by atoms with Gasteiger partial charge in [0.2, 0.25) is 6.29 Å². The SMILES string of the molecule is Cc1onnc1-c1cccc(C2OCCO2)n1. The lowest BCUT2D eigenvalue weighted by Gasteiger charge is -2.08.